The number of carboxylic acids is 4. The van der Waals surface area contributed by atoms with Gasteiger partial charge in [0.05, 0.1) is 23.9 Å². The fourth-order valence-electron chi connectivity index (χ4n) is 6.17. The molecule has 24 nitrogen and oxygen atoms in total. The molecule has 0 aliphatic rings. The summed E-state index contributed by atoms with van der Waals surface area (Å²) in [6.07, 6.45) is 14.3. The third kappa shape index (κ3) is 15.5. The lowest BCUT2D eigenvalue weighted by Gasteiger charge is -2.22. The Morgan fingerprint density at radius 3 is 0.559 bits per heavy atom. The number of nitrogens with two attached hydrogens (primary N) is 4. The van der Waals surface area contributed by atoms with Gasteiger partial charge in [0.25, 0.3) is 0 Å². The zero-order chi connectivity index (χ0) is 43.3. The molecule has 9 rings (SSSR count). The van der Waals surface area contributed by atoms with Crippen LogP contribution in [0.3, 0.4) is 0 Å². The van der Waals surface area contributed by atoms with E-state index in [0.29, 0.717) is 32.3 Å². The number of aromatic nitrogens is 4. The minimum absolute atomic E-state index is 0. The molecule has 5 aromatic carbocycles. The Bertz CT molecular complexity index is 2550. The van der Waals surface area contributed by atoms with Crippen LogP contribution in [0.5, 0.6) is 0 Å². The summed E-state index contributed by atoms with van der Waals surface area (Å²) in [6, 6.07) is 25.0. The molecule has 24 heteroatoms. The maximum absolute atomic E-state index is 11.7. The first kappa shape index (κ1) is 65.4. The van der Waals surface area contributed by atoms with E-state index in [4.69, 9.17) is 22.9 Å². The number of anilines is 4. The number of hydrogen-bond acceptors (Lipinski definition) is 12. The van der Waals surface area contributed by atoms with Crippen LogP contribution in [0.25, 0.3) is 43.1 Å². The normalized spacial score (nSPS) is 8.94. The number of pyridine rings is 4. The van der Waals surface area contributed by atoms with E-state index in [1.807, 2.05) is 0 Å². The van der Waals surface area contributed by atoms with Crippen LogP contribution in [0.15, 0.2) is 147 Å². The zero-order valence-electron chi connectivity index (χ0n) is 35.4. The molecule has 4 aromatic heterocycles. The van der Waals surface area contributed by atoms with Gasteiger partial charge in [-0.15, -0.1) is 0 Å². The number of hydrogen-bond donors (Lipinski definition) is 4. The summed E-state index contributed by atoms with van der Waals surface area (Å²) >= 11 is 0. The Balaban J connectivity index is -0.000000467. The number of rotatable bonds is 4. The molecule has 9 aromatic rings. The zero-order valence-corrected chi connectivity index (χ0v) is 35.4. The summed E-state index contributed by atoms with van der Waals surface area (Å²) in [5.74, 6) is -6.31. The van der Waals surface area contributed by atoms with Crippen molar-refractivity contribution in [1.82, 2.24) is 0 Å². The van der Waals surface area contributed by atoms with Gasteiger partial charge in [-0.1, -0.05) is 48.5 Å². The molecule has 0 unspecified atom stereocenters. The highest BCUT2D eigenvalue weighted by atomic mass is 16.4. The molecule has 0 radical (unpaired) electrons. The molecule has 68 heavy (non-hydrogen) atoms. The number of aromatic carboxylic acids is 4. The third-order valence-electron chi connectivity index (χ3n) is 8.76. The molecular weight excluding hydrogens is 897 g/mol. The second kappa shape index (κ2) is 30.0. The number of aromatic amines is 4. The molecule has 4 heterocycles. The van der Waals surface area contributed by atoms with Crippen LogP contribution in [0.1, 0.15) is 41.4 Å². The summed E-state index contributed by atoms with van der Waals surface area (Å²) in [5, 5.41) is 48.9. The van der Waals surface area contributed by atoms with Gasteiger partial charge in [-0.25, -0.2) is 19.9 Å². The second-order valence-electron chi connectivity index (χ2n) is 12.6. The predicted octanol–water partition coefficient (Wildman–Crippen LogP) is -7.07. The Hall–Kier alpha value is -9.24. The van der Waals surface area contributed by atoms with Gasteiger partial charge in [0.1, 0.15) is 0 Å². The number of nitrogens with one attached hydrogen (secondary N) is 4. The van der Waals surface area contributed by atoms with Crippen LogP contribution in [0.2, 0.25) is 0 Å². The van der Waals surface area contributed by atoms with Gasteiger partial charge in [-0.05, 0) is 32.3 Å². The summed E-state index contributed by atoms with van der Waals surface area (Å²) < 4.78 is 0. The minimum Gasteiger partial charge on any atom is -0.545 e. The maximum atomic E-state index is 11.7. The SMILES string of the molecule is Nc1cc[nH+]cc1.Nc1cc[nH+]cc1.Nc1cc[nH+]cc1.Nc1cc[nH+]cc1.O.O.O.O.O.O.O.O.O=C([O-])c1ccc2c3ccc(C(=O)[O-])c4c(C(=O)[O-])ccc(c5ccc(C(=O)[O-])c1c25)c43. The monoisotopic (exact) mass is 948 g/mol. The van der Waals surface area contributed by atoms with Crippen molar-refractivity contribution in [2.75, 3.05) is 22.9 Å². The summed E-state index contributed by atoms with van der Waals surface area (Å²) in [5.41, 5.74) is 23.1. The second-order valence-corrected chi connectivity index (χ2v) is 12.6. The molecule has 28 N–H and O–H groups in total. The highest BCUT2D eigenvalue weighted by Gasteiger charge is 2.20. The molecule has 0 atom stereocenters. The van der Waals surface area contributed by atoms with Gasteiger partial charge >= 0.3 is 0 Å². The van der Waals surface area contributed by atoms with E-state index in [1.165, 1.54) is 48.5 Å². The van der Waals surface area contributed by atoms with E-state index in [0.717, 1.165) is 22.7 Å². The molecule has 0 saturated heterocycles. The van der Waals surface area contributed by atoms with E-state index in [-0.39, 0.29) is 76.8 Å². The third-order valence-corrected chi connectivity index (χ3v) is 8.76. The van der Waals surface area contributed by atoms with Crippen molar-refractivity contribution in [3.05, 3.63) is 169 Å². The highest BCUT2D eigenvalue weighted by molar-refractivity contribution is 6.37. The van der Waals surface area contributed by atoms with E-state index in [9.17, 15) is 39.6 Å². The standard InChI is InChI=1S/C24H12O8.4C5H6N2.8H2O/c25-21(26)13-5-1-9-10-2-6-15(23(29)30)20-16(24(31)32)8-4-12(18(10)20)11-3-7-14(22(27)28)19(13)17(9)11;4*6-5-1-3-7-4-2-5;;;;;;;;/h1-8H,(H,25,26)(H,27,28)(H,29,30)(H,31,32);4*1-4H,(H2,6,7);8*1H2. The van der Waals surface area contributed by atoms with Crippen LogP contribution >= 0.6 is 0 Å². The molecule has 364 valence electrons. The van der Waals surface area contributed by atoms with Crippen molar-refractivity contribution in [3.8, 4) is 0 Å². The number of carbonyl (C=O) groups is 4. The Kier molecular flexibility index (Phi) is 28.8. The number of carboxylic acid groups (broad SMARTS) is 4. The van der Waals surface area contributed by atoms with Crippen LogP contribution in [0.4, 0.5) is 22.7 Å². The van der Waals surface area contributed by atoms with Gasteiger partial charge in [-0.2, -0.15) is 0 Å². The average molecular weight is 949 g/mol. The molecule has 0 saturated carbocycles. The summed E-state index contributed by atoms with van der Waals surface area (Å²) in [6.45, 7) is 0. The van der Waals surface area contributed by atoms with Crippen LogP contribution in [0, 0.1) is 0 Å². The Labute approximate surface area is 384 Å². The highest BCUT2D eigenvalue weighted by Crippen LogP contribution is 2.43. The smallest absolute Gasteiger partial charge is 0.169 e. The Morgan fingerprint density at radius 1 is 0.279 bits per heavy atom. The van der Waals surface area contributed by atoms with Gasteiger partial charge in [-0.3, -0.25) is 0 Å². The number of fused-ring (bicyclic) bond motifs is 2. The van der Waals surface area contributed by atoms with Gasteiger partial charge in [0.15, 0.2) is 49.6 Å². The van der Waals surface area contributed by atoms with Crippen molar-refractivity contribution in [2.24, 2.45) is 0 Å². The lowest BCUT2D eigenvalue weighted by Crippen LogP contribution is -2.26. The largest absolute Gasteiger partial charge is 0.545 e. The maximum Gasteiger partial charge on any atom is 0.169 e. The van der Waals surface area contributed by atoms with E-state index in [2.05, 4.69) is 19.9 Å². The molecule has 0 aliphatic heterocycles. The van der Waals surface area contributed by atoms with Crippen LogP contribution in [-0.4, -0.2) is 67.7 Å². The van der Waals surface area contributed by atoms with Gasteiger partial charge in [0.2, 0.25) is 0 Å². The van der Waals surface area contributed by atoms with Crippen molar-refractivity contribution >= 4 is 89.7 Å². The van der Waals surface area contributed by atoms with Gasteiger partial charge in [0, 0.05) is 104 Å². The first-order valence-corrected chi connectivity index (χ1v) is 17.7. The van der Waals surface area contributed by atoms with E-state index in [1.54, 1.807) is 98.1 Å². The number of H-pyrrole nitrogens is 4. The number of benzene rings is 5. The fourth-order valence-corrected chi connectivity index (χ4v) is 6.17. The van der Waals surface area contributed by atoms with Crippen LogP contribution in [-0.2, 0) is 0 Å². The Morgan fingerprint density at radius 2 is 0.441 bits per heavy atom. The van der Waals surface area contributed by atoms with Crippen molar-refractivity contribution in [1.29, 1.82) is 0 Å². The van der Waals surface area contributed by atoms with Crippen molar-refractivity contribution in [3.63, 3.8) is 0 Å². The van der Waals surface area contributed by atoms with E-state index < -0.39 is 23.9 Å². The average Bonchev–Trinajstić information content (AvgIpc) is 3.24. The van der Waals surface area contributed by atoms with E-state index >= 15 is 0 Å². The summed E-state index contributed by atoms with van der Waals surface area (Å²) in [4.78, 5) is 58.3. The number of nitrogen functional groups attached to an aromatic ring is 4. The lowest BCUT2D eigenvalue weighted by atomic mass is 9.84. The first-order chi connectivity index (χ1) is 28.8. The fraction of sp³-hybridized carbons (Fsp3) is 0. The first-order valence-electron chi connectivity index (χ1n) is 17.7. The summed E-state index contributed by atoms with van der Waals surface area (Å²) in [7, 11) is 0. The van der Waals surface area contributed by atoms with Crippen LogP contribution < -0.4 is 63.3 Å². The molecule has 0 fully saturated rings. The quantitative estimate of drug-likeness (QED) is 0.0945. The molecule has 0 bridgehead atoms. The topological polar surface area (TPSA) is 573 Å². The van der Waals surface area contributed by atoms with Gasteiger partial charge < -0.3 is 106 Å². The minimum atomic E-state index is -1.58. The molecular formula is C44H52N8O16. The number of carbonyl (C=O) groups excluding carboxylic acids is 4. The predicted molar refractivity (Wildman–Crippen MR) is 244 cm³/mol. The molecule has 0 amide bonds. The van der Waals surface area contributed by atoms with Crippen molar-refractivity contribution < 1.29 is 103 Å². The molecule has 0 spiro atoms. The molecule has 0 aliphatic carbocycles. The lowest BCUT2D eigenvalue weighted by molar-refractivity contribution is -0.378. The van der Waals surface area contributed by atoms with Crippen molar-refractivity contribution in [2.45, 2.75) is 0 Å².